The normalized spacial score (nSPS) is 22.3. The molecule has 1 fully saturated rings. The molecule has 1 N–H and O–H groups in total. The molecular formula is C15H20FNO. The highest BCUT2D eigenvalue weighted by Crippen LogP contribution is 2.37. The molecule has 0 spiro atoms. The smallest absolute Gasteiger partial charge is 0.126 e. The van der Waals surface area contributed by atoms with Crippen LogP contribution in [0.5, 0.6) is 0 Å². The van der Waals surface area contributed by atoms with Crippen LogP contribution in [-0.4, -0.2) is 19.2 Å². The Bertz CT molecular complexity index is 388. The highest BCUT2D eigenvalue weighted by molar-refractivity contribution is 5.24. The van der Waals surface area contributed by atoms with Crippen molar-refractivity contribution in [2.75, 3.05) is 13.2 Å². The van der Waals surface area contributed by atoms with E-state index in [0.717, 1.165) is 31.4 Å². The molecule has 0 atom stereocenters. The summed E-state index contributed by atoms with van der Waals surface area (Å²) in [5, 5.41) is 3.46. The van der Waals surface area contributed by atoms with Crippen molar-refractivity contribution in [2.45, 2.75) is 31.2 Å². The summed E-state index contributed by atoms with van der Waals surface area (Å²) in [5.74, 6) is 0.313. The maximum Gasteiger partial charge on any atom is 0.126 e. The van der Waals surface area contributed by atoms with Gasteiger partial charge in [-0.05, 0) is 43.4 Å². The molecule has 2 nitrogen and oxygen atoms in total. The number of hydrogen-bond donors (Lipinski definition) is 1. The van der Waals surface area contributed by atoms with Gasteiger partial charge in [0.25, 0.3) is 0 Å². The van der Waals surface area contributed by atoms with E-state index < -0.39 is 0 Å². The first-order valence-electron chi connectivity index (χ1n) is 6.51. The molecule has 98 valence electrons. The van der Waals surface area contributed by atoms with Crippen LogP contribution in [0.15, 0.2) is 37.1 Å². The maximum absolute atomic E-state index is 13.5. The summed E-state index contributed by atoms with van der Waals surface area (Å²) in [6.07, 6.45) is 4.51. The third-order valence-corrected chi connectivity index (χ3v) is 3.47. The van der Waals surface area contributed by atoms with Crippen molar-refractivity contribution in [3.05, 3.63) is 48.5 Å². The summed E-state index contributed by atoms with van der Waals surface area (Å²) in [6, 6.07) is 7.62. The molecule has 1 aliphatic carbocycles. The number of hydrogen-bond acceptors (Lipinski definition) is 2. The van der Waals surface area contributed by atoms with Crippen LogP contribution in [0.2, 0.25) is 0 Å². The van der Waals surface area contributed by atoms with Gasteiger partial charge in [-0.25, -0.2) is 4.39 Å². The van der Waals surface area contributed by atoms with Crippen LogP contribution in [0.1, 0.15) is 30.7 Å². The van der Waals surface area contributed by atoms with Crippen molar-refractivity contribution in [3.63, 3.8) is 0 Å². The lowest BCUT2D eigenvalue weighted by atomic mass is 9.75. The zero-order valence-corrected chi connectivity index (χ0v) is 10.6. The molecule has 0 heterocycles. The fraction of sp³-hybridized carbons (Fsp3) is 0.467. The van der Waals surface area contributed by atoms with E-state index in [1.165, 1.54) is 6.26 Å². The quantitative estimate of drug-likeness (QED) is 0.592. The van der Waals surface area contributed by atoms with Crippen molar-refractivity contribution < 1.29 is 9.13 Å². The highest BCUT2D eigenvalue weighted by Gasteiger charge is 2.31. The second-order valence-electron chi connectivity index (χ2n) is 4.73. The van der Waals surface area contributed by atoms with Crippen LogP contribution >= 0.6 is 0 Å². The second-order valence-corrected chi connectivity index (χ2v) is 4.73. The Morgan fingerprint density at radius 2 is 2.17 bits per heavy atom. The number of rotatable bonds is 7. The first kappa shape index (κ1) is 13.1. The number of benzene rings is 1. The Kier molecular flexibility index (Phi) is 4.76. The molecule has 1 aromatic rings. The minimum atomic E-state index is -0.0691. The Balaban J connectivity index is 1.65. The summed E-state index contributed by atoms with van der Waals surface area (Å²) in [5.41, 5.74) is 0.866. The van der Waals surface area contributed by atoms with E-state index in [1.54, 1.807) is 12.1 Å². The molecule has 18 heavy (non-hydrogen) atoms. The molecule has 0 amide bonds. The second kappa shape index (κ2) is 6.55. The molecule has 0 unspecified atom stereocenters. The van der Waals surface area contributed by atoms with Gasteiger partial charge < -0.3 is 10.1 Å². The van der Waals surface area contributed by atoms with Crippen molar-refractivity contribution in [2.24, 2.45) is 0 Å². The molecule has 1 saturated carbocycles. The number of halogens is 1. The Morgan fingerprint density at radius 3 is 2.89 bits per heavy atom. The van der Waals surface area contributed by atoms with Crippen LogP contribution in [0.25, 0.3) is 0 Å². The molecule has 0 aliphatic heterocycles. The molecular weight excluding hydrogens is 229 g/mol. The van der Waals surface area contributed by atoms with Crippen molar-refractivity contribution in [1.29, 1.82) is 0 Å². The van der Waals surface area contributed by atoms with Crippen molar-refractivity contribution in [3.8, 4) is 0 Å². The van der Waals surface area contributed by atoms with Crippen LogP contribution < -0.4 is 5.32 Å². The van der Waals surface area contributed by atoms with Crippen LogP contribution in [-0.2, 0) is 4.74 Å². The summed E-state index contributed by atoms with van der Waals surface area (Å²) >= 11 is 0. The van der Waals surface area contributed by atoms with E-state index in [9.17, 15) is 4.39 Å². The lowest BCUT2D eigenvalue weighted by molar-refractivity contribution is 0.231. The SMILES string of the molecule is C=COCCCNC1CC(c2ccccc2F)C1. The molecule has 3 heteroatoms. The van der Waals surface area contributed by atoms with Gasteiger partial charge in [0.05, 0.1) is 12.9 Å². The Hall–Kier alpha value is -1.35. The third kappa shape index (κ3) is 3.33. The summed E-state index contributed by atoms with van der Waals surface area (Å²) in [4.78, 5) is 0. The van der Waals surface area contributed by atoms with Crippen LogP contribution in [0.4, 0.5) is 4.39 Å². The third-order valence-electron chi connectivity index (χ3n) is 3.47. The molecule has 0 bridgehead atoms. The van der Waals surface area contributed by atoms with E-state index in [2.05, 4.69) is 11.9 Å². The Labute approximate surface area is 108 Å². The number of ether oxygens (including phenoxy) is 1. The van der Waals surface area contributed by atoms with Gasteiger partial charge in [-0.3, -0.25) is 0 Å². The molecule has 0 radical (unpaired) electrons. The van der Waals surface area contributed by atoms with Gasteiger partial charge >= 0.3 is 0 Å². The number of nitrogens with one attached hydrogen (secondary N) is 1. The van der Waals surface area contributed by atoms with E-state index in [4.69, 9.17) is 4.74 Å². The molecule has 0 saturated heterocycles. The van der Waals surface area contributed by atoms with E-state index >= 15 is 0 Å². The van der Waals surface area contributed by atoms with Gasteiger partial charge in [-0.15, -0.1) is 0 Å². The fourth-order valence-corrected chi connectivity index (χ4v) is 2.39. The van der Waals surface area contributed by atoms with Crippen LogP contribution in [0.3, 0.4) is 0 Å². The van der Waals surface area contributed by atoms with E-state index in [1.807, 2.05) is 12.1 Å². The molecule has 0 aromatic heterocycles. The average molecular weight is 249 g/mol. The summed E-state index contributed by atoms with van der Waals surface area (Å²) in [6.45, 7) is 5.15. The van der Waals surface area contributed by atoms with Gasteiger partial charge in [0, 0.05) is 6.04 Å². The lowest BCUT2D eigenvalue weighted by Crippen LogP contribution is -2.40. The molecule has 1 aromatic carbocycles. The summed E-state index contributed by atoms with van der Waals surface area (Å²) < 4.78 is 18.6. The molecule has 2 rings (SSSR count). The van der Waals surface area contributed by atoms with Crippen molar-refractivity contribution >= 4 is 0 Å². The minimum absolute atomic E-state index is 0.0691. The van der Waals surface area contributed by atoms with E-state index in [-0.39, 0.29) is 5.82 Å². The zero-order chi connectivity index (χ0) is 12.8. The summed E-state index contributed by atoms with van der Waals surface area (Å²) in [7, 11) is 0. The largest absolute Gasteiger partial charge is 0.502 e. The van der Waals surface area contributed by atoms with Gasteiger partial charge in [-0.1, -0.05) is 24.8 Å². The van der Waals surface area contributed by atoms with E-state index in [0.29, 0.717) is 18.6 Å². The minimum Gasteiger partial charge on any atom is -0.502 e. The average Bonchev–Trinajstić information content (AvgIpc) is 2.33. The predicted octanol–water partition coefficient (Wildman–Crippen LogP) is 3.21. The first-order valence-corrected chi connectivity index (χ1v) is 6.51. The first-order chi connectivity index (χ1) is 8.81. The van der Waals surface area contributed by atoms with Gasteiger partial charge in [0.1, 0.15) is 5.82 Å². The van der Waals surface area contributed by atoms with Gasteiger partial charge in [-0.2, -0.15) is 0 Å². The zero-order valence-electron chi connectivity index (χ0n) is 10.6. The maximum atomic E-state index is 13.5. The monoisotopic (exact) mass is 249 g/mol. The Morgan fingerprint density at radius 1 is 1.39 bits per heavy atom. The highest BCUT2D eigenvalue weighted by atomic mass is 19.1. The predicted molar refractivity (Wildman–Crippen MR) is 70.9 cm³/mol. The molecule has 1 aliphatic rings. The van der Waals surface area contributed by atoms with Crippen LogP contribution in [0, 0.1) is 5.82 Å². The van der Waals surface area contributed by atoms with Gasteiger partial charge in [0.2, 0.25) is 0 Å². The lowest BCUT2D eigenvalue weighted by Gasteiger charge is -2.36. The fourth-order valence-electron chi connectivity index (χ4n) is 2.39. The van der Waals surface area contributed by atoms with Crippen molar-refractivity contribution in [1.82, 2.24) is 5.32 Å². The standard InChI is InChI=1S/C15H20FNO/c1-2-18-9-5-8-17-13-10-12(11-13)14-6-3-4-7-15(14)16/h2-4,6-7,12-13,17H,1,5,8-11H2. The topological polar surface area (TPSA) is 21.3 Å². The van der Waals surface area contributed by atoms with Gasteiger partial charge in [0.15, 0.2) is 0 Å².